The van der Waals surface area contributed by atoms with Crippen LogP contribution in [0.1, 0.15) is 26.7 Å². The average molecular weight is 307 g/mol. The summed E-state index contributed by atoms with van der Waals surface area (Å²) in [7, 11) is 3.30. The lowest BCUT2D eigenvalue weighted by Gasteiger charge is -2.00. The third-order valence-corrected chi connectivity index (χ3v) is 2.22. The van der Waals surface area contributed by atoms with Gasteiger partial charge in [-0.2, -0.15) is 0 Å². The summed E-state index contributed by atoms with van der Waals surface area (Å²) in [5, 5.41) is 0. The van der Waals surface area contributed by atoms with Gasteiger partial charge in [0.1, 0.15) is 0 Å². The van der Waals surface area contributed by atoms with E-state index in [4.69, 9.17) is 19.9 Å². The number of rotatable bonds is 7. The first-order valence-corrected chi connectivity index (χ1v) is 6.96. The molecule has 1 saturated heterocycles. The van der Waals surface area contributed by atoms with E-state index in [2.05, 4.69) is 4.74 Å². The van der Waals surface area contributed by atoms with Gasteiger partial charge in [0.25, 0.3) is 0 Å². The molecule has 0 aliphatic carbocycles. The molecule has 126 valence electrons. The van der Waals surface area contributed by atoms with Gasteiger partial charge in [-0.25, -0.2) is 0 Å². The summed E-state index contributed by atoms with van der Waals surface area (Å²) >= 11 is 0. The molecule has 0 spiro atoms. The Morgan fingerprint density at radius 2 is 1.67 bits per heavy atom. The van der Waals surface area contributed by atoms with Gasteiger partial charge >= 0.3 is 5.97 Å². The van der Waals surface area contributed by atoms with Crippen molar-refractivity contribution in [1.82, 2.24) is 0 Å². The van der Waals surface area contributed by atoms with Gasteiger partial charge in [0.15, 0.2) is 0 Å². The van der Waals surface area contributed by atoms with Crippen LogP contribution in [0.4, 0.5) is 0 Å². The highest BCUT2D eigenvalue weighted by atomic mass is 16.5. The van der Waals surface area contributed by atoms with E-state index in [1.807, 2.05) is 0 Å². The fourth-order valence-corrected chi connectivity index (χ4v) is 0.861. The van der Waals surface area contributed by atoms with Crippen LogP contribution in [0.5, 0.6) is 0 Å². The molecule has 1 fully saturated rings. The first-order valence-electron chi connectivity index (χ1n) is 6.96. The lowest BCUT2D eigenvalue weighted by Crippen LogP contribution is -2.17. The minimum Gasteiger partial charge on any atom is -0.466 e. The van der Waals surface area contributed by atoms with Gasteiger partial charge in [-0.05, 0) is 6.42 Å². The molecule has 0 aromatic rings. The monoisotopic (exact) mass is 307 g/mol. The fraction of sp³-hybridized carbons (Fsp3) is 0.857. The van der Waals surface area contributed by atoms with Crippen molar-refractivity contribution >= 4 is 11.9 Å². The summed E-state index contributed by atoms with van der Waals surface area (Å²) in [5.74, 6) is -0.296. The summed E-state index contributed by atoms with van der Waals surface area (Å²) in [6.45, 7) is 6.79. The van der Waals surface area contributed by atoms with Gasteiger partial charge in [-0.15, -0.1) is 0 Å². The molecule has 1 amide bonds. The number of primary amides is 1. The molecule has 0 atom stereocenters. The number of carbonyl (C=O) groups excluding carboxylic acids is 2. The summed E-state index contributed by atoms with van der Waals surface area (Å²) < 4.78 is 19.1. The first-order chi connectivity index (χ1) is 9.95. The van der Waals surface area contributed by atoms with Gasteiger partial charge in [-0.3, -0.25) is 9.59 Å². The predicted octanol–water partition coefficient (Wildman–Crippen LogP) is 0.747. The lowest BCUT2D eigenvalue weighted by molar-refractivity contribution is -0.138. The van der Waals surface area contributed by atoms with Crippen LogP contribution >= 0.6 is 0 Å². The van der Waals surface area contributed by atoms with E-state index in [0.29, 0.717) is 39.5 Å². The normalized spacial score (nSPS) is 12.9. The number of methoxy groups -OCH3 is 2. The van der Waals surface area contributed by atoms with Crippen molar-refractivity contribution < 1.29 is 28.5 Å². The highest BCUT2D eigenvalue weighted by molar-refractivity contribution is 5.75. The number of hydrogen-bond acceptors (Lipinski definition) is 6. The zero-order valence-corrected chi connectivity index (χ0v) is 13.6. The molecule has 1 aliphatic rings. The third-order valence-electron chi connectivity index (χ3n) is 2.22. The van der Waals surface area contributed by atoms with E-state index in [9.17, 15) is 9.59 Å². The molecular weight excluding hydrogens is 278 g/mol. The molecule has 1 rings (SSSR count). The quantitative estimate of drug-likeness (QED) is 0.550. The third kappa shape index (κ3) is 21.3. The standard InChI is InChI=1S/C6H14O3.C4H9NO.C4H6O2/c1-7-3-5-9-6-4-8-2;1-3(2)4(5)6;5-4-2-1-3-6-4/h3-6H2,1-2H3;3H,1-2H3,(H2,5,6);1-3H2. The zero-order chi connectivity index (χ0) is 16.5. The van der Waals surface area contributed by atoms with E-state index in [-0.39, 0.29) is 17.8 Å². The lowest BCUT2D eigenvalue weighted by atomic mass is 10.2. The predicted molar refractivity (Wildman–Crippen MR) is 78.8 cm³/mol. The average Bonchev–Trinajstić information content (AvgIpc) is 2.91. The van der Waals surface area contributed by atoms with E-state index >= 15 is 0 Å². The minimum atomic E-state index is -0.241. The molecule has 0 unspecified atom stereocenters. The van der Waals surface area contributed by atoms with E-state index in [0.717, 1.165) is 6.42 Å². The second-order valence-corrected chi connectivity index (χ2v) is 4.48. The summed E-state index contributed by atoms with van der Waals surface area (Å²) in [4.78, 5) is 19.9. The van der Waals surface area contributed by atoms with Crippen molar-refractivity contribution in [2.24, 2.45) is 11.7 Å². The van der Waals surface area contributed by atoms with Crippen LogP contribution < -0.4 is 5.73 Å². The Bertz CT molecular complexity index is 242. The van der Waals surface area contributed by atoms with Crippen molar-refractivity contribution in [2.75, 3.05) is 47.3 Å². The molecule has 0 radical (unpaired) electrons. The van der Waals surface area contributed by atoms with Crippen molar-refractivity contribution in [3.05, 3.63) is 0 Å². The Morgan fingerprint density at radius 1 is 1.19 bits per heavy atom. The molecule has 0 bridgehead atoms. The van der Waals surface area contributed by atoms with Gasteiger partial charge < -0.3 is 24.7 Å². The molecule has 1 aliphatic heterocycles. The van der Waals surface area contributed by atoms with E-state index < -0.39 is 0 Å². The molecule has 0 saturated carbocycles. The van der Waals surface area contributed by atoms with E-state index in [1.165, 1.54) is 0 Å². The Balaban J connectivity index is 0. The molecule has 1 heterocycles. The number of nitrogens with two attached hydrogens (primary N) is 1. The van der Waals surface area contributed by atoms with Crippen molar-refractivity contribution in [2.45, 2.75) is 26.7 Å². The number of cyclic esters (lactones) is 1. The van der Waals surface area contributed by atoms with Crippen LogP contribution in [-0.4, -0.2) is 59.1 Å². The van der Waals surface area contributed by atoms with Gasteiger partial charge in [-0.1, -0.05) is 13.8 Å². The van der Waals surface area contributed by atoms with Crippen LogP contribution in [0, 0.1) is 5.92 Å². The van der Waals surface area contributed by atoms with Crippen LogP contribution in [0.15, 0.2) is 0 Å². The second kappa shape index (κ2) is 16.9. The van der Waals surface area contributed by atoms with Crippen LogP contribution in [0.2, 0.25) is 0 Å². The van der Waals surface area contributed by atoms with Gasteiger partial charge in [0.05, 0.1) is 33.0 Å². The van der Waals surface area contributed by atoms with Crippen molar-refractivity contribution in [1.29, 1.82) is 0 Å². The second-order valence-electron chi connectivity index (χ2n) is 4.48. The maximum absolute atomic E-state index is 10.0. The summed E-state index contributed by atoms with van der Waals surface area (Å²) in [5.41, 5.74) is 4.80. The largest absolute Gasteiger partial charge is 0.466 e. The molecular formula is C14H29NO6. The van der Waals surface area contributed by atoms with Crippen LogP contribution in [0.3, 0.4) is 0 Å². The SMILES string of the molecule is CC(C)C(N)=O.COCCOCCOC.O=C1CCCO1. The molecule has 2 N–H and O–H groups in total. The highest BCUT2D eigenvalue weighted by Crippen LogP contribution is 2.01. The Kier molecular flexibility index (Phi) is 17.8. The smallest absolute Gasteiger partial charge is 0.305 e. The zero-order valence-electron chi connectivity index (χ0n) is 13.6. The Hall–Kier alpha value is -1.18. The highest BCUT2D eigenvalue weighted by Gasteiger charge is 2.08. The summed E-state index contributed by atoms with van der Waals surface area (Å²) in [6.07, 6.45) is 1.54. The maximum atomic E-state index is 10.0. The number of esters is 1. The maximum Gasteiger partial charge on any atom is 0.305 e. The fourth-order valence-electron chi connectivity index (χ4n) is 0.861. The Labute approximate surface area is 127 Å². The molecule has 0 aromatic carbocycles. The van der Waals surface area contributed by atoms with Gasteiger partial charge in [0.2, 0.25) is 5.91 Å². The number of amides is 1. The first kappa shape index (κ1) is 22.1. The molecule has 7 heteroatoms. The van der Waals surface area contributed by atoms with Crippen molar-refractivity contribution in [3.8, 4) is 0 Å². The minimum absolute atomic E-state index is 0.00926. The number of ether oxygens (including phenoxy) is 4. The molecule has 0 aromatic heterocycles. The molecule has 21 heavy (non-hydrogen) atoms. The van der Waals surface area contributed by atoms with E-state index in [1.54, 1.807) is 28.1 Å². The number of carbonyl (C=O) groups is 2. The summed E-state index contributed by atoms with van der Waals surface area (Å²) in [6, 6.07) is 0. The van der Waals surface area contributed by atoms with Gasteiger partial charge in [0, 0.05) is 26.6 Å². The van der Waals surface area contributed by atoms with Crippen molar-refractivity contribution in [3.63, 3.8) is 0 Å². The van der Waals surface area contributed by atoms with Crippen LogP contribution in [0.25, 0.3) is 0 Å². The molecule has 7 nitrogen and oxygen atoms in total. The number of hydrogen-bond donors (Lipinski definition) is 1. The Morgan fingerprint density at radius 3 is 1.86 bits per heavy atom. The topological polar surface area (TPSA) is 97.1 Å². The van der Waals surface area contributed by atoms with Crippen LogP contribution in [-0.2, 0) is 28.5 Å².